The lowest BCUT2D eigenvalue weighted by atomic mass is 9.96. The molecular weight excluding hydrogens is 280 g/mol. The first-order chi connectivity index (χ1) is 10.8. The van der Waals surface area contributed by atoms with Gasteiger partial charge in [0.25, 0.3) is 0 Å². The maximum absolute atomic E-state index is 11.8. The van der Waals surface area contributed by atoms with E-state index in [1.54, 1.807) is 0 Å². The van der Waals surface area contributed by atoms with Crippen LogP contribution in [0.2, 0.25) is 0 Å². The van der Waals surface area contributed by atoms with Crippen LogP contribution in [-0.4, -0.2) is 25.4 Å². The van der Waals surface area contributed by atoms with Crippen LogP contribution in [-0.2, 0) is 6.42 Å². The van der Waals surface area contributed by atoms with Crippen LogP contribution in [0.15, 0.2) is 18.2 Å². The number of amides is 2. The molecule has 5 heteroatoms. The Morgan fingerprint density at radius 1 is 1.14 bits per heavy atom. The van der Waals surface area contributed by atoms with E-state index in [9.17, 15) is 4.79 Å². The van der Waals surface area contributed by atoms with E-state index in [4.69, 9.17) is 9.47 Å². The summed E-state index contributed by atoms with van der Waals surface area (Å²) in [6.07, 6.45) is 7.83. The van der Waals surface area contributed by atoms with E-state index in [1.807, 2.05) is 12.1 Å². The second-order valence-corrected chi connectivity index (χ2v) is 6.03. The van der Waals surface area contributed by atoms with Crippen LogP contribution in [0.5, 0.6) is 11.5 Å². The second kappa shape index (κ2) is 7.38. The number of nitrogens with one attached hydrogen (secondary N) is 2. The molecule has 0 spiro atoms. The molecule has 2 amide bonds. The largest absolute Gasteiger partial charge is 0.454 e. The van der Waals surface area contributed by atoms with E-state index >= 15 is 0 Å². The van der Waals surface area contributed by atoms with Crippen molar-refractivity contribution in [3.63, 3.8) is 0 Å². The third kappa shape index (κ3) is 4.06. The summed E-state index contributed by atoms with van der Waals surface area (Å²) >= 11 is 0. The fraction of sp³-hybridized carbons (Fsp3) is 0.588. The van der Waals surface area contributed by atoms with Crippen molar-refractivity contribution in [3.8, 4) is 11.5 Å². The Kier molecular flexibility index (Phi) is 5.03. The number of hydrogen-bond acceptors (Lipinski definition) is 3. The monoisotopic (exact) mass is 304 g/mol. The van der Waals surface area contributed by atoms with Gasteiger partial charge in [-0.2, -0.15) is 0 Å². The van der Waals surface area contributed by atoms with Crippen LogP contribution < -0.4 is 20.1 Å². The third-order valence-electron chi connectivity index (χ3n) is 4.31. The van der Waals surface area contributed by atoms with Crippen molar-refractivity contribution in [2.24, 2.45) is 0 Å². The quantitative estimate of drug-likeness (QED) is 0.822. The van der Waals surface area contributed by atoms with Gasteiger partial charge in [0.2, 0.25) is 6.79 Å². The first-order valence-electron chi connectivity index (χ1n) is 8.24. The third-order valence-corrected chi connectivity index (χ3v) is 4.31. The SMILES string of the molecule is O=C(NCCCc1ccc2c(c1)OCO2)NC1CCCCC1. The van der Waals surface area contributed by atoms with Gasteiger partial charge in [-0.15, -0.1) is 0 Å². The molecule has 0 bridgehead atoms. The lowest BCUT2D eigenvalue weighted by Gasteiger charge is -2.22. The summed E-state index contributed by atoms with van der Waals surface area (Å²) in [5.74, 6) is 1.63. The lowest BCUT2D eigenvalue weighted by Crippen LogP contribution is -2.43. The molecule has 5 nitrogen and oxygen atoms in total. The zero-order valence-electron chi connectivity index (χ0n) is 12.9. The Bertz CT molecular complexity index is 513. The lowest BCUT2D eigenvalue weighted by molar-refractivity contribution is 0.174. The number of carbonyl (C=O) groups excluding carboxylic acids is 1. The topological polar surface area (TPSA) is 59.6 Å². The maximum Gasteiger partial charge on any atom is 0.315 e. The Morgan fingerprint density at radius 2 is 1.95 bits per heavy atom. The minimum atomic E-state index is -0.0300. The van der Waals surface area contributed by atoms with Crippen LogP contribution >= 0.6 is 0 Å². The summed E-state index contributed by atoms with van der Waals surface area (Å²) < 4.78 is 10.7. The van der Waals surface area contributed by atoms with Gasteiger partial charge >= 0.3 is 6.03 Å². The molecule has 1 aliphatic carbocycles. The highest BCUT2D eigenvalue weighted by Crippen LogP contribution is 2.32. The van der Waals surface area contributed by atoms with Gasteiger partial charge in [-0.3, -0.25) is 0 Å². The van der Waals surface area contributed by atoms with Crippen LogP contribution in [0, 0.1) is 0 Å². The number of fused-ring (bicyclic) bond motifs is 1. The number of aryl methyl sites for hydroxylation is 1. The fourth-order valence-electron chi connectivity index (χ4n) is 3.07. The molecule has 1 aromatic rings. The van der Waals surface area contributed by atoms with Crippen LogP contribution in [0.1, 0.15) is 44.1 Å². The molecule has 0 radical (unpaired) electrons. The van der Waals surface area contributed by atoms with Crippen molar-refractivity contribution in [2.75, 3.05) is 13.3 Å². The van der Waals surface area contributed by atoms with Crippen molar-refractivity contribution in [1.29, 1.82) is 0 Å². The zero-order chi connectivity index (χ0) is 15.2. The van der Waals surface area contributed by atoms with Crippen molar-refractivity contribution < 1.29 is 14.3 Å². The molecule has 0 unspecified atom stereocenters. The Morgan fingerprint density at radius 3 is 2.82 bits per heavy atom. The van der Waals surface area contributed by atoms with Gasteiger partial charge < -0.3 is 20.1 Å². The molecule has 2 aliphatic rings. The molecule has 1 saturated carbocycles. The number of ether oxygens (including phenoxy) is 2. The molecule has 1 heterocycles. The highest BCUT2D eigenvalue weighted by atomic mass is 16.7. The fourth-order valence-corrected chi connectivity index (χ4v) is 3.07. The van der Waals surface area contributed by atoms with Gasteiger partial charge in [0, 0.05) is 12.6 Å². The molecule has 3 rings (SSSR count). The van der Waals surface area contributed by atoms with Crippen molar-refractivity contribution in [2.45, 2.75) is 51.0 Å². The van der Waals surface area contributed by atoms with Gasteiger partial charge in [0.1, 0.15) is 0 Å². The predicted molar refractivity (Wildman–Crippen MR) is 84.3 cm³/mol. The van der Waals surface area contributed by atoms with E-state index < -0.39 is 0 Å². The van der Waals surface area contributed by atoms with Crippen LogP contribution in [0.25, 0.3) is 0 Å². The summed E-state index contributed by atoms with van der Waals surface area (Å²) in [4.78, 5) is 11.8. The maximum atomic E-state index is 11.8. The van der Waals surface area contributed by atoms with Gasteiger partial charge in [-0.05, 0) is 43.4 Å². The average molecular weight is 304 g/mol. The Hall–Kier alpha value is -1.91. The summed E-state index contributed by atoms with van der Waals surface area (Å²) in [6.45, 7) is 0.995. The summed E-state index contributed by atoms with van der Waals surface area (Å²) in [6, 6.07) is 6.35. The first-order valence-corrected chi connectivity index (χ1v) is 8.24. The van der Waals surface area contributed by atoms with Crippen molar-refractivity contribution in [3.05, 3.63) is 23.8 Å². The van der Waals surface area contributed by atoms with E-state index in [0.29, 0.717) is 19.4 Å². The number of benzene rings is 1. The van der Waals surface area contributed by atoms with Crippen molar-refractivity contribution >= 4 is 6.03 Å². The molecule has 22 heavy (non-hydrogen) atoms. The molecule has 120 valence electrons. The molecule has 1 fully saturated rings. The predicted octanol–water partition coefficient (Wildman–Crippen LogP) is 2.98. The number of urea groups is 1. The number of hydrogen-bond donors (Lipinski definition) is 2. The van der Waals surface area contributed by atoms with E-state index in [1.165, 1.54) is 24.8 Å². The standard InChI is InChI=1S/C17H24N2O3/c20-17(19-14-6-2-1-3-7-14)18-10-4-5-13-8-9-15-16(11-13)22-12-21-15/h8-9,11,14H,1-7,10,12H2,(H2,18,19,20). The molecule has 0 aromatic heterocycles. The first kappa shape index (κ1) is 15.0. The molecule has 0 saturated heterocycles. The average Bonchev–Trinajstić information content (AvgIpc) is 3.00. The van der Waals surface area contributed by atoms with Crippen LogP contribution in [0.3, 0.4) is 0 Å². The highest BCUT2D eigenvalue weighted by Gasteiger charge is 2.15. The minimum Gasteiger partial charge on any atom is -0.454 e. The van der Waals surface area contributed by atoms with Gasteiger partial charge in [-0.1, -0.05) is 25.3 Å². The Balaban J connectivity index is 1.34. The zero-order valence-corrected chi connectivity index (χ0v) is 12.9. The van der Waals surface area contributed by atoms with Gasteiger partial charge in [0.15, 0.2) is 11.5 Å². The van der Waals surface area contributed by atoms with Gasteiger partial charge in [-0.25, -0.2) is 4.79 Å². The molecule has 0 atom stereocenters. The van der Waals surface area contributed by atoms with E-state index in [2.05, 4.69) is 16.7 Å². The Labute approximate surface area is 131 Å². The summed E-state index contributed by atoms with van der Waals surface area (Å²) in [5, 5.41) is 6.01. The van der Waals surface area contributed by atoms with Gasteiger partial charge in [0.05, 0.1) is 0 Å². The molecular formula is C17H24N2O3. The number of rotatable bonds is 5. The normalized spacial score (nSPS) is 17.3. The minimum absolute atomic E-state index is 0.0300. The smallest absolute Gasteiger partial charge is 0.315 e. The van der Waals surface area contributed by atoms with Crippen LogP contribution in [0.4, 0.5) is 4.79 Å². The number of carbonyl (C=O) groups is 1. The second-order valence-electron chi connectivity index (χ2n) is 6.03. The molecule has 2 N–H and O–H groups in total. The summed E-state index contributed by atoms with van der Waals surface area (Å²) in [5.41, 5.74) is 1.21. The summed E-state index contributed by atoms with van der Waals surface area (Å²) in [7, 11) is 0. The molecule has 1 aliphatic heterocycles. The highest BCUT2D eigenvalue weighted by molar-refractivity contribution is 5.74. The van der Waals surface area contributed by atoms with Crippen molar-refractivity contribution in [1.82, 2.24) is 10.6 Å². The van der Waals surface area contributed by atoms with E-state index in [-0.39, 0.29) is 6.03 Å². The van der Waals surface area contributed by atoms with E-state index in [0.717, 1.165) is 37.2 Å². The molecule has 1 aromatic carbocycles.